The van der Waals surface area contributed by atoms with Gasteiger partial charge in [-0.05, 0) is 42.5 Å². The Morgan fingerprint density at radius 2 is 1.90 bits per heavy atom. The van der Waals surface area contributed by atoms with E-state index in [2.05, 4.69) is 20.5 Å². The van der Waals surface area contributed by atoms with E-state index in [4.69, 9.17) is 4.42 Å². The number of halogens is 3. The molecular weight excluding hydrogens is 393 g/mol. The van der Waals surface area contributed by atoms with Crippen molar-refractivity contribution in [2.45, 2.75) is 12.4 Å². The lowest BCUT2D eigenvalue weighted by molar-refractivity contribution is -0.274. The molecule has 152 valence electrons. The number of carbonyl (C=O) groups is 2. The highest BCUT2D eigenvalue weighted by molar-refractivity contribution is 6.39. The van der Waals surface area contributed by atoms with Crippen LogP contribution in [0.15, 0.2) is 65.5 Å². The summed E-state index contributed by atoms with van der Waals surface area (Å²) < 4.78 is 47.1. The Labute approximate surface area is 162 Å². The van der Waals surface area contributed by atoms with E-state index in [9.17, 15) is 22.8 Å². The Morgan fingerprint density at radius 3 is 2.48 bits per heavy atom. The minimum absolute atomic E-state index is 0.0276. The van der Waals surface area contributed by atoms with Crippen LogP contribution in [0, 0.1) is 0 Å². The molecule has 0 bridgehead atoms. The number of hydrogen-bond donors (Lipinski definition) is 2. The number of nitrogens with zero attached hydrogens (tertiary/aromatic N) is 2. The summed E-state index contributed by atoms with van der Waals surface area (Å²) >= 11 is 0. The average Bonchev–Trinajstić information content (AvgIpc) is 3.36. The molecule has 2 N–H and O–H groups in total. The summed E-state index contributed by atoms with van der Waals surface area (Å²) in [6.07, 6.45) is -0.0864. The van der Waals surface area contributed by atoms with Crippen LogP contribution < -0.4 is 15.4 Å². The van der Waals surface area contributed by atoms with Gasteiger partial charge in [0.15, 0.2) is 0 Å². The van der Waals surface area contributed by atoms with Gasteiger partial charge in [-0.2, -0.15) is 5.10 Å². The van der Waals surface area contributed by atoms with Crippen molar-refractivity contribution < 1.29 is 31.9 Å². The summed E-state index contributed by atoms with van der Waals surface area (Å²) in [5.41, 5.74) is 0.134. The predicted molar refractivity (Wildman–Crippen MR) is 93.8 cm³/mol. The maximum Gasteiger partial charge on any atom is 0.573 e. The number of benzene rings is 1. The minimum Gasteiger partial charge on any atom is -0.467 e. The van der Waals surface area contributed by atoms with Crippen LogP contribution in [-0.2, 0) is 9.59 Å². The van der Waals surface area contributed by atoms with E-state index >= 15 is 0 Å². The number of carbonyl (C=O) groups excluding carboxylic acids is 2. The highest BCUT2D eigenvalue weighted by Gasteiger charge is 2.31. The number of hydrogen-bond acceptors (Lipinski definition) is 5. The Balaban J connectivity index is 1.57. The van der Waals surface area contributed by atoms with Gasteiger partial charge in [-0.3, -0.25) is 14.3 Å². The van der Waals surface area contributed by atoms with E-state index in [1.165, 1.54) is 18.4 Å². The Kier molecular flexibility index (Phi) is 5.86. The monoisotopic (exact) mass is 408 g/mol. The summed E-state index contributed by atoms with van der Waals surface area (Å²) in [6.45, 7) is 0.0276. The van der Waals surface area contributed by atoms with Gasteiger partial charge in [0.25, 0.3) is 0 Å². The normalized spacial score (nSPS) is 12.2. The zero-order valence-corrected chi connectivity index (χ0v) is 14.7. The average molecular weight is 408 g/mol. The van der Waals surface area contributed by atoms with E-state index in [1.54, 1.807) is 35.3 Å². The molecule has 0 saturated heterocycles. The van der Waals surface area contributed by atoms with Crippen LogP contribution >= 0.6 is 0 Å². The molecule has 29 heavy (non-hydrogen) atoms. The highest BCUT2D eigenvalue weighted by atomic mass is 19.4. The van der Waals surface area contributed by atoms with Gasteiger partial charge < -0.3 is 19.8 Å². The summed E-state index contributed by atoms with van der Waals surface area (Å²) in [6, 6.07) is 9.04. The van der Waals surface area contributed by atoms with E-state index < -0.39 is 30.0 Å². The Hall–Kier alpha value is -3.76. The standard InChI is InChI=1S/C18H15F3N4O4/c19-18(20,21)29-13-6-4-12(5-7-13)24-17(27)16(26)22-11-14(15-3-1-10-28-15)25-9-2-8-23-25/h1-10,14H,11H2,(H,22,26)(H,24,27)/t14-/m1/s1. The molecule has 0 unspecified atom stereocenters. The highest BCUT2D eigenvalue weighted by Crippen LogP contribution is 2.24. The molecule has 3 rings (SSSR count). The molecule has 2 heterocycles. The Morgan fingerprint density at radius 1 is 1.14 bits per heavy atom. The van der Waals surface area contributed by atoms with E-state index in [0.717, 1.165) is 12.1 Å². The fourth-order valence-corrected chi connectivity index (χ4v) is 2.47. The number of furan rings is 1. The van der Waals surface area contributed by atoms with Crippen molar-refractivity contribution in [3.8, 4) is 5.75 Å². The van der Waals surface area contributed by atoms with E-state index in [1.807, 2.05) is 0 Å². The van der Waals surface area contributed by atoms with Gasteiger partial charge in [0, 0.05) is 24.6 Å². The van der Waals surface area contributed by atoms with Crippen LogP contribution in [-0.4, -0.2) is 34.5 Å². The molecule has 2 aromatic heterocycles. The van der Waals surface area contributed by atoms with Gasteiger partial charge in [-0.1, -0.05) is 0 Å². The SMILES string of the molecule is O=C(NC[C@H](c1ccco1)n1cccn1)C(=O)Nc1ccc(OC(F)(F)F)cc1. The maximum absolute atomic E-state index is 12.2. The smallest absolute Gasteiger partial charge is 0.467 e. The zero-order valence-electron chi connectivity index (χ0n) is 14.7. The molecule has 0 aliphatic carbocycles. The molecule has 11 heteroatoms. The van der Waals surface area contributed by atoms with Crippen LogP contribution in [0.25, 0.3) is 0 Å². The third-order valence-electron chi connectivity index (χ3n) is 3.72. The molecule has 0 spiro atoms. The quantitative estimate of drug-likeness (QED) is 0.611. The zero-order chi connectivity index (χ0) is 20.9. The fraction of sp³-hybridized carbons (Fsp3) is 0.167. The number of anilines is 1. The van der Waals surface area contributed by atoms with Crippen LogP contribution in [0.4, 0.5) is 18.9 Å². The third kappa shape index (κ3) is 5.61. The molecule has 0 radical (unpaired) electrons. The predicted octanol–water partition coefficient (Wildman–Crippen LogP) is 2.72. The first-order valence-electron chi connectivity index (χ1n) is 8.29. The summed E-state index contributed by atoms with van der Waals surface area (Å²) in [7, 11) is 0. The van der Waals surface area contributed by atoms with Crippen molar-refractivity contribution in [3.05, 3.63) is 66.9 Å². The van der Waals surface area contributed by atoms with E-state index in [0.29, 0.717) is 5.76 Å². The second kappa shape index (κ2) is 8.50. The van der Waals surface area contributed by atoms with Gasteiger partial charge in [-0.15, -0.1) is 13.2 Å². The molecule has 2 amide bonds. The maximum atomic E-state index is 12.2. The second-order valence-corrected chi connectivity index (χ2v) is 5.75. The van der Waals surface area contributed by atoms with Crippen molar-refractivity contribution >= 4 is 17.5 Å². The molecule has 0 fully saturated rings. The van der Waals surface area contributed by atoms with Crippen LogP contribution in [0.1, 0.15) is 11.8 Å². The number of alkyl halides is 3. The minimum atomic E-state index is -4.82. The van der Waals surface area contributed by atoms with Crippen molar-refractivity contribution in [1.29, 1.82) is 0 Å². The van der Waals surface area contributed by atoms with Crippen molar-refractivity contribution in [1.82, 2.24) is 15.1 Å². The molecular formula is C18H15F3N4O4. The number of amides is 2. The van der Waals surface area contributed by atoms with Crippen molar-refractivity contribution in [2.75, 3.05) is 11.9 Å². The number of aromatic nitrogens is 2. The Bertz CT molecular complexity index is 904. The molecule has 1 aromatic carbocycles. The lowest BCUT2D eigenvalue weighted by Gasteiger charge is -2.16. The van der Waals surface area contributed by atoms with Crippen molar-refractivity contribution in [3.63, 3.8) is 0 Å². The van der Waals surface area contributed by atoms with Crippen LogP contribution in [0.2, 0.25) is 0 Å². The summed E-state index contributed by atoms with van der Waals surface area (Å²) in [4.78, 5) is 24.1. The molecule has 0 aliphatic heterocycles. The molecule has 8 nitrogen and oxygen atoms in total. The van der Waals surface area contributed by atoms with Crippen LogP contribution in [0.5, 0.6) is 5.75 Å². The topological polar surface area (TPSA) is 98.4 Å². The first-order chi connectivity index (χ1) is 13.8. The molecule has 3 aromatic rings. The van der Waals surface area contributed by atoms with Gasteiger partial charge in [0.2, 0.25) is 0 Å². The number of rotatable bonds is 6. The second-order valence-electron chi connectivity index (χ2n) is 5.75. The first-order valence-corrected chi connectivity index (χ1v) is 8.29. The summed E-state index contributed by atoms with van der Waals surface area (Å²) in [5, 5.41) is 8.88. The van der Waals surface area contributed by atoms with E-state index in [-0.39, 0.29) is 12.2 Å². The summed E-state index contributed by atoms with van der Waals surface area (Å²) in [5.74, 6) is -1.81. The third-order valence-corrected chi connectivity index (χ3v) is 3.72. The van der Waals surface area contributed by atoms with Gasteiger partial charge in [0.1, 0.15) is 17.6 Å². The number of ether oxygens (including phenoxy) is 1. The molecule has 1 atom stereocenters. The molecule has 0 saturated carbocycles. The lowest BCUT2D eigenvalue weighted by atomic mass is 10.2. The van der Waals surface area contributed by atoms with Crippen LogP contribution in [0.3, 0.4) is 0 Å². The first kappa shape index (κ1) is 20.0. The van der Waals surface area contributed by atoms with Gasteiger partial charge in [0.05, 0.1) is 6.26 Å². The lowest BCUT2D eigenvalue weighted by Crippen LogP contribution is -2.38. The van der Waals surface area contributed by atoms with Crippen molar-refractivity contribution in [2.24, 2.45) is 0 Å². The molecule has 0 aliphatic rings. The largest absolute Gasteiger partial charge is 0.573 e. The fourth-order valence-electron chi connectivity index (χ4n) is 2.47. The number of nitrogens with one attached hydrogen (secondary N) is 2. The van der Waals surface area contributed by atoms with Gasteiger partial charge >= 0.3 is 18.2 Å². The van der Waals surface area contributed by atoms with Gasteiger partial charge in [-0.25, -0.2) is 0 Å².